The Bertz CT molecular complexity index is 470. The molecule has 1 aliphatic carbocycles. The van der Waals surface area contributed by atoms with Gasteiger partial charge in [-0.15, -0.1) is 0 Å². The van der Waals surface area contributed by atoms with Crippen molar-refractivity contribution in [1.29, 1.82) is 0 Å². The molecule has 1 rings (SSSR count). The lowest BCUT2D eigenvalue weighted by molar-refractivity contribution is -0.104. The first-order chi connectivity index (χ1) is 9.47. The Morgan fingerprint density at radius 1 is 1.25 bits per heavy atom. The maximum absolute atomic E-state index is 10.3. The summed E-state index contributed by atoms with van der Waals surface area (Å²) in [4.78, 5) is 10.3. The Labute approximate surface area is 123 Å². The number of carbonyl (C=O) groups excluding carboxylic acids is 1. The predicted molar refractivity (Wildman–Crippen MR) is 87.5 cm³/mol. The minimum absolute atomic E-state index is 0.350. The van der Waals surface area contributed by atoms with Crippen molar-refractivity contribution in [1.82, 2.24) is 0 Å². The summed E-state index contributed by atoms with van der Waals surface area (Å²) < 4.78 is 0. The second-order valence-electron chi connectivity index (χ2n) is 6.13. The molecule has 1 atom stereocenters. The number of aldehydes is 1. The van der Waals surface area contributed by atoms with Gasteiger partial charge in [-0.1, -0.05) is 62.0 Å². The van der Waals surface area contributed by atoms with Gasteiger partial charge in [-0.3, -0.25) is 4.79 Å². The van der Waals surface area contributed by atoms with Gasteiger partial charge in [0, 0.05) is 5.92 Å². The van der Waals surface area contributed by atoms with E-state index in [1.165, 1.54) is 18.4 Å². The first-order valence-corrected chi connectivity index (χ1v) is 7.27. The van der Waals surface area contributed by atoms with Gasteiger partial charge in [0.2, 0.25) is 0 Å². The molecule has 0 N–H and O–H groups in total. The molecule has 0 aromatic rings. The standard InChI is InChI=1S/C19H26O/c1-16(13-15-20)10-7-5-6-8-12-18-17(2)11-9-14-19(18,3)4/h5-8,10-13,15,18H,9,14H2,1-4H3/b6-5+,10-7-,12-8+,16-13+. The van der Waals surface area contributed by atoms with Crippen molar-refractivity contribution in [2.75, 3.05) is 0 Å². The monoisotopic (exact) mass is 270 g/mol. The van der Waals surface area contributed by atoms with E-state index >= 15 is 0 Å². The normalized spacial score (nSPS) is 23.7. The molecule has 0 amide bonds. The number of hydrogen-bond acceptors (Lipinski definition) is 1. The molecule has 0 aromatic heterocycles. The highest BCUT2D eigenvalue weighted by Crippen LogP contribution is 2.41. The van der Waals surface area contributed by atoms with E-state index in [0.29, 0.717) is 11.3 Å². The fraction of sp³-hybridized carbons (Fsp3) is 0.421. The second-order valence-corrected chi connectivity index (χ2v) is 6.13. The molecule has 1 heteroatoms. The zero-order chi connectivity index (χ0) is 15.0. The summed E-state index contributed by atoms with van der Waals surface area (Å²) in [6, 6.07) is 0. The Morgan fingerprint density at radius 3 is 2.60 bits per heavy atom. The fourth-order valence-corrected chi connectivity index (χ4v) is 2.66. The molecular formula is C19H26O. The summed E-state index contributed by atoms with van der Waals surface area (Å²) in [6.07, 6.45) is 19.5. The van der Waals surface area contributed by atoms with Crippen LogP contribution >= 0.6 is 0 Å². The van der Waals surface area contributed by atoms with E-state index in [-0.39, 0.29) is 0 Å². The minimum atomic E-state index is 0.350. The quantitative estimate of drug-likeness (QED) is 0.291. The Kier molecular flexibility index (Phi) is 6.44. The van der Waals surface area contributed by atoms with Crippen molar-refractivity contribution in [3.8, 4) is 0 Å². The predicted octanol–water partition coefficient (Wildman–Crippen LogP) is 5.18. The molecule has 0 fully saturated rings. The zero-order valence-electron chi connectivity index (χ0n) is 13.1. The van der Waals surface area contributed by atoms with E-state index in [1.807, 2.05) is 31.2 Å². The van der Waals surface area contributed by atoms with Gasteiger partial charge in [-0.2, -0.15) is 0 Å². The van der Waals surface area contributed by atoms with E-state index in [4.69, 9.17) is 0 Å². The topological polar surface area (TPSA) is 17.1 Å². The third kappa shape index (κ3) is 5.16. The fourth-order valence-electron chi connectivity index (χ4n) is 2.66. The van der Waals surface area contributed by atoms with Gasteiger partial charge in [-0.25, -0.2) is 0 Å². The van der Waals surface area contributed by atoms with Crippen LogP contribution in [0.5, 0.6) is 0 Å². The largest absolute Gasteiger partial charge is 0.299 e. The molecule has 0 heterocycles. The Balaban J connectivity index is 2.60. The van der Waals surface area contributed by atoms with E-state index < -0.39 is 0 Å². The first-order valence-electron chi connectivity index (χ1n) is 7.27. The molecule has 0 saturated carbocycles. The van der Waals surface area contributed by atoms with Crippen LogP contribution in [0.1, 0.15) is 40.5 Å². The summed E-state index contributed by atoms with van der Waals surface area (Å²) in [5.74, 6) is 0.529. The van der Waals surface area contributed by atoms with Crippen LogP contribution in [-0.4, -0.2) is 6.29 Å². The summed E-state index contributed by atoms with van der Waals surface area (Å²) in [6.45, 7) is 8.83. The molecular weight excluding hydrogens is 244 g/mol. The maximum atomic E-state index is 10.3. The molecule has 1 aliphatic rings. The Morgan fingerprint density at radius 2 is 1.95 bits per heavy atom. The van der Waals surface area contributed by atoms with Gasteiger partial charge in [0.05, 0.1) is 0 Å². The summed E-state index contributed by atoms with van der Waals surface area (Å²) in [5.41, 5.74) is 2.79. The van der Waals surface area contributed by atoms with Crippen LogP contribution in [0.2, 0.25) is 0 Å². The van der Waals surface area contributed by atoms with Gasteiger partial charge in [0.25, 0.3) is 0 Å². The SMILES string of the molecule is CC1=CCCC(C)(C)C1/C=C/C=C/C=C\C(C)=C\C=O. The summed E-state index contributed by atoms with van der Waals surface area (Å²) >= 11 is 0. The molecule has 0 spiro atoms. The molecule has 0 aromatic carbocycles. The van der Waals surface area contributed by atoms with Crippen molar-refractivity contribution in [3.05, 3.63) is 59.8 Å². The van der Waals surface area contributed by atoms with E-state index in [2.05, 4.69) is 39.0 Å². The van der Waals surface area contributed by atoms with Gasteiger partial charge in [0.15, 0.2) is 0 Å². The third-order valence-corrected chi connectivity index (χ3v) is 3.91. The lowest BCUT2D eigenvalue weighted by atomic mass is 9.68. The smallest absolute Gasteiger partial charge is 0.143 e. The zero-order valence-corrected chi connectivity index (χ0v) is 13.1. The molecule has 20 heavy (non-hydrogen) atoms. The lowest BCUT2D eigenvalue weighted by Gasteiger charge is -2.36. The van der Waals surface area contributed by atoms with Crippen molar-refractivity contribution < 1.29 is 4.79 Å². The summed E-state index contributed by atoms with van der Waals surface area (Å²) in [7, 11) is 0. The molecule has 0 bridgehead atoms. The molecule has 108 valence electrons. The number of rotatable bonds is 5. The average molecular weight is 270 g/mol. The van der Waals surface area contributed by atoms with Crippen LogP contribution in [0, 0.1) is 11.3 Å². The lowest BCUT2D eigenvalue weighted by Crippen LogP contribution is -2.26. The Hall–Kier alpha value is -1.63. The van der Waals surface area contributed by atoms with Crippen molar-refractivity contribution >= 4 is 6.29 Å². The van der Waals surface area contributed by atoms with Gasteiger partial charge < -0.3 is 0 Å². The van der Waals surface area contributed by atoms with E-state index in [9.17, 15) is 4.79 Å². The second kappa shape index (κ2) is 7.84. The van der Waals surface area contributed by atoms with E-state index in [1.54, 1.807) is 6.08 Å². The average Bonchev–Trinajstić information content (AvgIpc) is 2.36. The van der Waals surface area contributed by atoms with E-state index in [0.717, 1.165) is 11.9 Å². The first kappa shape index (κ1) is 16.4. The van der Waals surface area contributed by atoms with Crippen LogP contribution in [0.15, 0.2) is 59.8 Å². The van der Waals surface area contributed by atoms with Crippen LogP contribution in [0.4, 0.5) is 0 Å². The number of allylic oxidation sites excluding steroid dienone is 10. The van der Waals surface area contributed by atoms with Gasteiger partial charge in [0.1, 0.15) is 6.29 Å². The van der Waals surface area contributed by atoms with Crippen molar-refractivity contribution in [2.45, 2.75) is 40.5 Å². The van der Waals surface area contributed by atoms with Crippen LogP contribution < -0.4 is 0 Å². The number of carbonyl (C=O) groups is 1. The molecule has 1 unspecified atom stereocenters. The molecule has 1 nitrogen and oxygen atoms in total. The third-order valence-electron chi connectivity index (χ3n) is 3.91. The van der Waals surface area contributed by atoms with Crippen LogP contribution in [0.3, 0.4) is 0 Å². The molecule has 0 radical (unpaired) electrons. The summed E-state index contributed by atoms with van der Waals surface area (Å²) in [5, 5.41) is 0. The van der Waals surface area contributed by atoms with Crippen molar-refractivity contribution in [3.63, 3.8) is 0 Å². The number of hydrogen-bond donors (Lipinski definition) is 0. The van der Waals surface area contributed by atoms with Crippen LogP contribution in [-0.2, 0) is 4.79 Å². The highest BCUT2D eigenvalue weighted by atomic mass is 16.1. The van der Waals surface area contributed by atoms with Gasteiger partial charge in [-0.05, 0) is 43.8 Å². The van der Waals surface area contributed by atoms with Gasteiger partial charge >= 0.3 is 0 Å². The van der Waals surface area contributed by atoms with Crippen LogP contribution in [0.25, 0.3) is 0 Å². The molecule has 0 aliphatic heterocycles. The molecule has 0 saturated heterocycles. The highest BCUT2D eigenvalue weighted by molar-refractivity contribution is 5.66. The van der Waals surface area contributed by atoms with Crippen molar-refractivity contribution in [2.24, 2.45) is 11.3 Å². The minimum Gasteiger partial charge on any atom is -0.299 e. The highest BCUT2D eigenvalue weighted by Gasteiger charge is 2.30. The maximum Gasteiger partial charge on any atom is 0.143 e.